The maximum absolute atomic E-state index is 3.92. The molecule has 0 spiro atoms. The molecule has 0 saturated carbocycles. The molecule has 0 heteroatoms. The summed E-state index contributed by atoms with van der Waals surface area (Å²) in [4.78, 5) is 0. The first-order chi connectivity index (χ1) is 7.00. The van der Waals surface area contributed by atoms with Gasteiger partial charge in [-0.3, -0.25) is 0 Å². The van der Waals surface area contributed by atoms with Gasteiger partial charge in [-0.1, -0.05) is 13.3 Å². The SMILES string of the molecule is [CH2]CCCc1c(C)c(C)c(C)c(C)c1C. The topological polar surface area (TPSA) is 0 Å². The summed E-state index contributed by atoms with van der Waals surface area (Å²) in [6, 6.07) is 0. The zero-order chi connectivity index (χ0) is 11.6. The highest BCUT2D eigenvalue weighted by molar-refractivity contribution is 5.49. The van der Waals surface area contributed by atoms with E-state index in [1.807, 2.05) is 0 Å². The van der Waals surface area contributed by atoms with Crippen LogP contribution < -0.4 is 0 Å². The average Bonchev–Trinajstić information content (AvgIpc) is 2.24. The summed E-state index contributed by atoms with van der Waals surface area (Å²) in [6.07, 6.45) is 3.41. The number of benzene rings is 1. The number of rotatable bonds is 3. The zero-order valence-corrected chi connectivity index (χ0v) is 10.8. The van der Waals surface area contributed by atoms with Gasteiger partial charge in [0.2, 0.25) is 0 Å². The molecule has 0 fully saturated rings. The highest BCUT2D eigenvalue weighted by atomic mass is 14.2. The Hall–Kier alpha value is -0.780. The van der Waals surface area contributed by atoms with Crippen LogP contribution in [-0.4, -0.2) is 0 Å². The molecule has 0 N–H and O–H groups in total. The van der Waals surface area contributed by atoms with Crippen molar-refractivity contribution in [2.75, 3.05) is 0 Å². The van der Waals surface area contributed by atoms with Gasteiger partial charge < -0.3 is 0 Å². The van der Waals surface area contributed by atoms with Gasteiger partial charge in [-0.2, -0.15) is 0 Å². The Kier molecular flexibility index (Phi) is 3.96. The highest BCUT2D eigenvalue weighted by Crippen LogP contribution is 2.27. The van der Waals surface area contributed by atoms with Crippen LogP contribution in [0.3, 0.4) is 0 Å². The molecule has 0 amide bonds. The lowest BCUT2D eigenvalue weighted by atomic mass is 9.87. The van der Waals surface area contributed by atoms with Gasteiger partial charge in [-0.05, 0) is 80.8 Å². The summed E-state index contributed by atoms with van der Waals surface area (Å²) in [5.74, 6) is 0. The fraction of sp³-hybridized carbons (Fsp3) is 0.533. The van der Waals surface area contributed by atoms with Crippen LogP contribution in [0.15, 0.2) is 0 Å². The van der Waals surface area contributed by atoms with Gasteiger partial charge in [0, 0.05) is 0 Å². The second kappa shape index (κ2) is 4.83. The zero-order valence-electron chi connectivity index (χ0n) is 10.8. The summed E-state index contributed by atoms with van der Waals surface area (Å²) in [5, 5.41) is 0. The molecule has 83 valence electrons. The van der Waals surface area contributed by atoms with Crippen molar-refractivity contribution in [1.29, 1.82) is 0 Å². The lowest BCUT2D eigenvalue weighted by Gasteiger charge is -2.18. The van der Waals surface area contributed by atoms with Gasteiger partial charge in [-0.25, -0.2) is 0 Å². The van der Waals surface area contributed by atoms with Gasteiger partial charge in [0.25, 0.3) is 0 Å². The first-order valence-corrected chi connectivity index (χ1v) is 5.85. The van der Waals surface area contributed by atoms with Gasteiger partial charge in [-0.15, -0.1) is 0 Å². The van der Waals surface area contributed by atoms with Gasteiger partial charge in [0.1, 0.15) is 0 Å². The molecule has 0 saturated heterocycles. The third kappa shape index (κ3) is 2.25. The van der Waals surface area contributed by atoms with Crippen molar-refractivity contribution in [2.24, 2.45) is 0 Å². The third-order valence-electron chi connectivity index (χ3n) is 3.83. The number of hydrogen-bond donors (Lipinski definition) is 0. The van der Waals surface area contributed by atoms with Crippen LogP contribution in [0.4, 0.5) is 0 Å². The molecule has 0 atom stereocenters. The average molecular weight is 203 g/mol. The van der Waals surface area contributed by atoms with Gasteiger partial charge in [0.15, 0.2) is 0 Å². The maximum Gasteiger partial charge on any atom is -0.0273 e. The Balaban J connectivity index is 3.26. The summed E-state index contributed by atoms with van der Waals surface area (Å²) < 4.78 is 0. The van der Waals surface area contributed by atoms with Crippen molar-refractivity contribution in [3.05, 3.63) is 40.3 Å². The molecule has 0 aliphatic carbocycles. The van der Waals surface area contributed by atoms with E-state index in [0.717, 1.165) is 6.42 Å². The molecule has 0 heterocycles. The lowest BCUT2D eigenvalue weighted by molar-refractivity contribution is 0.825. The van der Waals surface area contributed by atoms with E-state index in [4.69, 9.17) is 0 Å². The van der Waals surface area contributed by atoms with Crippen molar-refractivity contribution >= 4 is 0 Å². The Labute approximate surface area is 94.7 Å². The van der Waals surface area contributed by atoms with Gasteiger partial charge >= 0.3 is 0 Å². The molecule has 0 aliphatic heterocycles. The van der Waals surface area contributed by atoms with Crippen molar-refractivity contribution in [3.8, 4) is 0 Å². The molecule has 0 unspecified atom stereocenters. The molecule has 15 heavy (non-hydrogen) atoms. The van der Waals surface area contributed by atoms with E-state index >= 15 is 0 Å². The van der Waals surface area contributed by atoms with Crippen molar-refractivity contribution < 1.29 is 0 Å². The lowest BCUT2D eigenvalue weighted by Crippen LogP contribution is -2.02. The van der Waals surface area contributed by atoms with E-state index in [1.54, 1.807) is 5.56 Å². The molecule has 0 nitrogen and oxygen atoms in total. The quantitative estimate of drug-likeness (QED) is 0.683. The largest absolute Gasteiger partial charge is 0.0533 e. The molecule has 0 bridgehead atoms. The minimum absolute atomic E-state index is 1.03. The Morgan fingerprint density at radius 3 is 1.53 bits per heavy atom. The Morgan fingerprint density at radius 2 is 1.13 bits per heavy atom. The number of hydrogen-bond acceptors (Lipinski definition) is 0. The van der Waals surface area contributed by atoms with E-state index < -0.39 is 0 Å². The van der Waals surface area contributed by atoms with E-state index in [1.165, 1.54) is 40.7 Å². The first-order valence-electron chi connectivity index (χ1n) is 5.85. The van der Waals surface area contributed by atoms with Crippen LogP contribution in [0.2, 0.25) is 0 Å². The minimum atomic E-state index is 1.03. The second-order valence-corrected chi connectivity index (χ2v) is 4.56. The predicted molar refractivity (Wildman–Crippen MR) is 68.4 cm³/mol. The smallest absolute Gasteiger partial charge is 0.0273 e. The normalized spacial score (nSPS) is 10.8. The van der Waals surface area contributed by atoms with Gasteiger partial charge in [0.05, 0.1) is 0 Å². The fourth-order valence-corrected chi connectivity index (χ4v) is 2.25. The monoisotopic (exact) mass is 203 g/mol. The molecule has 1 rings (SSSR count). The third-order valence-corrected chi connectivity index (χ3v) is 3.83. The molecular formula is C15H23. The fourth-order valence-electron chi connectivity index (χ4n) is 2.25. The van der Waals surface area contributed by atoms with Crippen LogP contribution in [0, 0.1) is 41.5 Å². The van der Waals surface area contributed by atoms with E-state index in [9.17, 15) is 0 Å². The maximum atomic E-state index is 3.92. The van der Waals surface area contributed by atoms with Crippen LogP contribution in [0.5, 0.6) is 0 Å². The summed E-state index contributed by atoms with van der Waals surface area (Å²) in [7, 11) is 0. The minimum Gasteiger partial charge on any atom is -0.0533 e. The van der Waals surface area contributed by atoms with Crippen LogP contribution >= 0.6 is 0 Å². The molecular weight excluding hydrogens is 180 g/mol. The number of unbranched alkanes of at least 4 members (excludes halogenated alkanes) is 1. The van der Waals surface area contributed by atoms with Crippen molar-refractivity contribution in [3.63, 3.8) is 0 Å². The van der Waals surface area contributed by atoms with E-state index in [2.05, 4.69) is 41.5 Å². The molecule has 0 aromatic heterocycles. The molecule has 1 aromatic carbocycles. The second-order valence-electron chi connectivity index (χ2n) is 4.56. The molecule has 1 radical (unpaired) electrons. The predicted octanol–water partition coefficient (Wildman–Crippen LogP) is 4.39. The summed E-state index contributed by atoms with van der Waals surface area (Å²) >= 11 is 0. The van der Waals surface area contributed by atoms with Crippen LogP contribution in [-0.2, 0) is 6.42 Å². The molecule has 1 aromatic rings. The molecule has 0 aliphatic rings. The van der Waals surface area contributed by atoms with Crippen molar-refractivity contribution in [1.82, 2.24) is 0 Å². The first kappa shape index (κ1) is 12.3. The van der Waals surface area contributed by atoms with Crippen LogP contribution in [0.1, 0.15) is 46.2 Å². The van der Waals surface area contributed by atoms with Crippen LogP contribution in [0.25, 0.3) is 0 Å². The Morgan fingerprint density at radius 1 is 0.733 bits per heavy atom. The summed E-state index contributed by atoms with van der Waals surface area (Å²) in [6.45, 7) is 15.2. The van der Waals surface area contributed by atoms with Crippen molar-refractivity contribution in [2.45, 2.75) is 53.9 Å². The standard InChI is InChI=1S/C15H23/c1-7-8-9-15-13(5)11(3)10(2)12(4)14(15)6/h1,7-9H2,2-6H3. The van der Waals surface area contributed by atoms with E-state index in [0.29, 0.717) is 0 Å². The highest BCUT2D eigenvalue weighted by Gasteiger charge is 2.11. The summed E-state index contributed by atoms with van der Waals surface area (Å²) in [5.41, 5.74) is 8.94. The van der Waals surface area contributed by atoms with E-state index in [-0.39, 0.29) is 0 Å². The Bertz CT molecular complexity index is 330.